The van der Waals surface area contributed by atoms with Gasteiger partial charge in [-0.15, -0.1) is 0 Å². The van der Waals surface area contributed by atoms with Crippen molar-refractivity contribution >= 4 is 23.6 Å². The molecule has 0 unspecified atom stereocenters. The number of amides is 3. The van der Waals surface area contributed by atoms with E-state index in [0.29, 0.717) is 62.5 Å². The first kappa shape index (κ1) is 27.8. The molecule has 3 rings (SSSR count). The Labute approximate surface area is 214 Å². The Balaban J connectivity index is 2.05. The number of anilines is 1. The molecule has 0 saturated carbocycles. The summed E-state index contributed by atoms with van der Waals surface area (Å²) < 4.78 is 11.3. The maximum Gasteiger partial charge on any atom is 0.407 e. The lowest BCUT2D eigenvalue weighted by Gasteiger charge is -2.42. The first-order chi connectivity index (χ1) is 17.0. The molecule has 3 amide bonds. The highest BCUT2D eigenvalue weighted by Crippen LogP contribution is 2.41. The van der Waals surface area contributed by atoms with Crippen LogP contribution in [-0.2, 0) is 16.0 Å². The van der Waals surface area contributed by atoms with Gasteiger partial charge in [0.1, 0.15) is 5.75 Å². The molecule has 1 saturated heterocycles. The van der Waals surface area contributed by atoms with E-state index < -0.39 is 11.7 Å². The molecule has 0 aliphatic carbocycles. The highest BCUT2D eigenvalue weighted by Gasteiger charge is 2.42. The van der Waals surface area contributed by atoms with Gasteiger partial charge in [-0.25, -0.2) is 4.79 Å². The Hall–Kier alpha value is -2.81. The molecular weight excluding hydrogens is 462 g/mol. The molecule has 1 aromatic rings. The molecule has 9 heteroatoms. The van der Waals surface area contributed by atoms with Crippen molar-refractivity contribution in [2.45, 2.75) is 84.4 Å². The van der Waals surface area contributed by atoms with Gasteiger partial charge in [-0.1, -0.05) is 13.3 Å². The zero-order valence-corrected chi connectivity index (χ0v) is 22.5. The van der Waals surface area contributed by atoms with E-state index >= 15 is 0 Å². The molecule has 1 aromatic carbocycles. The average molecular weight is 504 g/mol. The Morgan fingerprint density at radius 3 is 2.64 bits per heavy atom. The third-order valence-corrected chi connectivity index (χ3v) is 6.93. The number of rotatable bonds is 9. The molecular formula is C27H41N3O6. The van der Waals surface area contributed by atoms with Crippen molar-refractivity contribution in [3.8, 4) is 5.75 Å². The summed E-state index contributed by atoms with van der Waals surface area (Å²) >= 11 is 0. The van der Waals surface area contributed by atoms with Crippen LogP contribution in [0.3, 0.4) is 0 Å². The molecule has 1 atom stereocenters. The number of likely N-dealkylation sites (tertiary alicyclic amines) is 1. The molecule has 2 heterocycles. The van der Waals surface area contributed by atoms with Crippen molar-refractivity contribution in [2.24, 2.45) is 0 Å². The molecule has 2 aliphatic rings. The van der Waals surface area contributed by atoms with Gasteiger partial charge in [-0.3, -0.25) is 9.59 Å². The monoisotopic (exact) mass is 503 g/mol. The summed E-state index contributed by atoms with van der Waals surface area (Å²) in [5.41, 5.74) is 1.00. The van der Waals surface area contributed by atoms with Crippen LogP contribution in [0, 0.1) is 0 Å². The van der Waals surface area contributed by atoms with E-state index in [1.165, 1.54) is 4.90 Å². The number of methoxy groups -OCH3 is 1. The minimum atomic E-state index is -1.01. The largest absolute Gasteiger partial charge is 0.476 e. The third-order valence-electron chi connectivity index (χ3n) is 6.93. The quantitative estimate of drug-likeness (QED) is 0.508. The average Bonchev–Trinajstić information content (AvgIpc) is 2.81. The van der Waals surface area contributed by atoms with Crippen molar-refractivity contribution in [1.29, 1.82) is 0 Å². The number of benzene rings is 1. The fourth-order valence-corrected chi connectivity index (χ4v) is 5.24. The van der Waals surface area contributed by atoms with Gasteiger partial charge in [0.25, 0.3) is 11.8 Å². The lowest BCUT2D eigenvalue weighted by atomic mass is 9.95. The third kappa shape index (κ3) is 5.77. The predicted molar refractivity (Wildman–Crippen MR) is 138 cm³/mol. The number of carbonyl (C=O) groups is 3. The minimum Gasteiger partial charge on any atom is -0.476 e. The van der Waals surface area contributed by atoms with Gasteiger partial charge in [-0.2, -0.15) is 0 Å². The second-order valence-corrected chi connectivity index (χ2v) is 10.5. The van der Waals surface area contributed by atoms with Crippen LogP contribution in [0.1, 0.15) is 76.2 Å². The van der Waals surface area contributed by atoms with E-state index in [-0.39, 0.29) is 23.9 Å². The molecule has 9 nitrogen and oxygen atoms in total. The summed E-state index contributed by atoms with van der Waals surface area (Å²) in [5, 5.41) is 9.53. The van der Waals surface area contributed by atoms with E-state index in [9.17, 15) is 19.5 Å². The summed E-state index contributed by atoms with van der Waals surface area (Å²) in [4.78, 5) is 43.9. The van der Waals surface area contributed by atoms with Gasteiger partial charge in [-0.05, 0) is 71.1 Å². The second kappa shape index (κ2) is 11.5. The number of nitrogens with zero attached hydrogens (tertiary/aromatic N) is 3. The van der Waals surface area contributed by atoms with E-state index in [1.807, 2.05) is 24.8 Å². The van der Waals surface area contributed by atoms with Crippen LogP contribution >= 0.6 is 0 Å². The zero-order chi connectivity index (χ0) is 26.6. The molecule has 0 aromatic heterocycles. The Morgan fingerprint density at radius 2 is 2.03 bits per heavy atom. The van der Waals surface area contributed by atoms with Crippen molar-refractivity contribution < 1.29 is 29.0 Å². The summed E-state index contributed by atoms with van der Waals surface area (Å²) in [7, 11) is 1.63. The fourth-order valence-electron chi connectivity index (χ4n) is 5.24. The summed E-state index contributed by atoms with van der Waals surface area (Å²) in [6, 6.07) is 3.39. The number of piperidine rings is 1. The maximum atomic E-state index is 14.1. The van der Waals surface area contributed by atoms with Gasteiger partial charge in [0.2, 0.25) is 0 Å². The number of carbonyl (C=O) groups excluding carboxylic acids is 2. The molecule has 2 aliphatic heterocycles. The van der Waals surface area contributed by atoms with Crippen LogP contribution in [0.5, 0.6) is 5.75 Å². The topological polar surface area (TPSA) is 99.6 Å². The van der Waals surface area contributed by atoms with Crippen LogP contribution < -0.4 is 9.64 Å². The van der Waals surface area contributed by atoms with Gasteiger partial charge in [0, 0.05) is 45.0 Å². The standard InChI is InChI=1S/C27H41N3O6/c1-7-10-19-15-23-22(29(13-9-14-35-6)25(32)27(4,5)36-23)16-21(19)24(31)30(18(2)3)20-11-8-12-28(17-20)26(33)34/h15-16,18,20H,7-14,17H2,1-6H3,(H,33,34)/t20-/m1/s1. The number of aryl methyl sites for hydroxylation is 1. The van der Waals surface area contributed by atoms with Gasteiger partial charge >= 0.3 is 6.09 Å². The van der Waals surface area contributed by atoms with Crippen molar-refractivity contribution in [3.05, 3.63) is 23.3 Å². The Kier molecular flexibility index (Phi) is 8.87. The minimum absolute atomic E-state index is 0.114. The smallest absolute Gasteiger partial charge is 0.407 e. The van der Waals surface area contributed by atoms with E-state index in [4.69, 9.17) is 9.47 Å². The van der Waals surface area contributed by atoms with Crippen LogP contribution in [0.15, 0.2) is 12.1 Å². The number of hydrogen-bond donors (Lipinski definition) is 1. The maximum absolute atomic E-state index is 14.1. The number of fused-ring (bicyclic) bond motifs is 1. The summed E-state index contributed by atoms with van der Waals surface area (Å²) in [5.74, 6) is 0.309. The van der Waals surface area contributed by atoms with E-state index in [2.05, 4.69) is 6.92 Å². The van der Waals surface area contributed by atoms with Crippen LogP contribution in [0.4, 0.5) is 10.5 Å². The molecule has 200 valence electrons. The highest BCUT2D eigenvalue weighted by atomic mass is 16.5. The summed E-state index contributed by atoms with van der Waals surface area (Å²) in [6.45, 7) is 11.3. The molecule has 1 fully saturated rings. The lowest BCUT2D eigenvalue weighted by molar-refractivity contribution is -0.132. The van der Waals surface area contributed by atoms with Crippen LogP contribution in [0.25, 0.3) is 0 Å². The summed E-state index contributed by atoms with van der Waals surface area (Å²) in [6.07, 6.45) is 2.69. The first-order valence-electron chi connectivity index (χ1n) is 13.0. The van der Waals surface area contributed by atoms with Gasteiger partial charge in [0.15, 0.2) is 5.60 Å². The molecule has 0 spiro atoms. The van der Waals surface area contributed by atoms with Crippen molar-refractivity contribution in [3.63, 3.8) is 0 Å². The van der Waals surface area contributed by atoms with E-state index in [0.717, 1.165) is 18.4 Å². The van der Waals surface area contributed by atoms with Crippen LogP contribution in [-0.4, -0.2) is 83.8 Å². The first-order valence-corrected chi connectivity index (χ1v) is 13.0. The SMILES string of the molecule is CCCc1cc2c(cc1C(=O)N(C(C)C)[C@@H]1CCCN(C(=O)O)C1)N(CCCOC)C(=O)C(C)(C)O2. The van der Waals surface area contributed by atoms with Gasteiger partial charge < -0.3 is 29.3 Å². The molecule has 0 radical (unpaired) electrons. The van der Waals surface area contributed by atoms with Crippen LogP contribution in [0.2, 0.25) is 0 Å². The highest BCUT2D eigenvalue weighted by molar-refractivity contribution is 6.05. The van der Waals surface area contributed by atoms with Crippen molar-refractivity contribution in [2.75, 3.05) is 38.3 Å². The fraction of sp³-hybridized carbons (Fsp3) is 0.667. The predicted octanol–water partition coefficient (Wildman–Crippen LogP) is 4.17. The van der Waals surface area contributed by atoms with E-state index in [1.54, 1.807) is 31.9 Å². The van der Waals surface area contributed by atoms with Crippen molar-refractivity contribution in [1.82, 2.24) is 9.80 Å². The molecule has 0 bridgehead atoms. The normalized spacial score (nSPS) is 19.2. The Morgan fingerprint density at radius 1 is 1.31 bits per heavy atom. The van der Waals surface area contributed by atoms with Gasteiger partial charge in [0.05, 0.1) is 11.7 Å². The number of carboxylic acid groups (broad SMARTS) is 1. The Bertz CT molecular complexity index is 977. The zero-order valence-electron chi connectivity index (χ0n) is 22.5. The molecule has 1 N–H and O–H groups in total. The number of ether oxygens (including phenoxy) is 2. The second-order valence-electron chi connectivity index (χ2n) is 10.5. The lowest BCUT2D eigenvalue weighted by Crippen LogP contribution is -2.54. The molecule has 36 heavy (non-hydrogen) atoms. The number of hydrogen-bond acceptors (Lipinski definition) is 5.